The van der Waals surface area contributed by atoms with E-state index in [0.717, 1.165) is 0 Å². The zero-order chi connectivity index (χ0) is 15.5. The number of rotatable bonds is 4. The second kappa shape index (κ2) is 6.38. The molecule has 0 bridgehead atoms. The molecule has 0 fully saturated rings. The van der Waals surface area contributed by atoms with Gasteiger partial charge in [-0.3, -0.25) is 0 Å². The Morgan fingerprint density at radius 2 is 2.14 bits per heavy atom. The molecule has 116 valence electrons. The van der Waals surface area contributed by atoms with Crippen LogP contribution in [0.1, 0.15) is 40.9 Å². The summed E-state index contributed by atoms with van der Waals surface area (Å²) in [5, 5.41) is 3.09. The van der Waals surface area contributed by atoms with E-state index in [4.69, 9.17) is 4.74 Å². The van der Waals surface area contributed by atoms with Crippen LogP contribution in [0.15, 0.2) is 0 Å². The molecular formula is C13H16F3N3O2. The van der Waals surface area contributed by atoms with Crippen LogP contribution in [-0.2, 0) is 24.1 Å². The SMILES string of the molecule is CCOC(=O)c1nc(CCC(F)(F)F)nc2c1CNCC2. The summed E-state index contributed by atoms with van der Waals surface area (Å²) in [6.45, 7) is 2.94. The molecule has 21 heavy (non-hydrogen) atoms. The number of hydrogen-bond acceptors (Lipinski definition) is 5. The van der Waals surface area contributed by atoms with E-state index in [1.54, 1.807) is 6.92 Å². The molecule has 0 spiro atoms. The first kappa shape index (κ1) is 15.7. The van der Waals surface area contributed by atoms with Gasteiger partial charge in [-0.05, 0) is 6.92 Å². The Bertz CT molecular complexity index is 532. The van der Waals surface area contributed by atoms with Crippen molar-refractivity contribution >= 4 is 5.97 Å². The predicted molar refractivity (Wildman–Crippen MR) is 67.8 cm³/mol. The third kappa shape index (κ3) is 4.13. The molecule has 0 unspecified atom stereocenters. The molecule has 2 heterocycles. The number of aromatic nitrogens is 2. The number of aryl methyl sites for hydroxylation is 1. The lowest BCUT2D eigenvalue weighted by molar-refractivity contribution is -0.134. The smallest absolute Gasteiger partial charge is 0.389 e. The lowest BCUT2D eigenvalue weighted by Crippen LogP contribution is -2.29. The van der Waals surface area contributed by atoms with Crippen LogP contribution in [0.25, 0.3) is 0 Å². The second-order valence-corrected chi connectivity index (χ2v) is 4.68. The first-order valence-corrected chi connectivity index (χ1v) is 6.74. The van der Waals surface area contributed by atoms with Crippen LogP contribution in [0.4, 0.5) is 13.2 Å². The van der Waals surface area contributed by atoms with Gasteiger partial charge in [-0.25, -0.2) is 14.8 Å². The van der Waals surface area contributed by atoms with Gasteiger partial charge in [0, 0.05) is 31.5 Å². The van der Waals surface area contributed by atoms with E-state index in [0.29, 0.717) is 30.8 Å². The highest BCUT2D eigenvalue weighted by Gasteiger charge is 2.28. The van der Waals surface area contributed by atoms with E-state index >= 15 is 0 Å². The predicted octanol–water partition coefficient (Wildman–Crippen LogP) is 1.79. The van der Waals surface area contributed by atoms with Gasteiger partial charge in [-0.1, -0.05) is 0 Å². The molecule has 1 aliphatic heterocycles. The van der Waals surface area contributed by atoms with E-state index in [1.165, 1.54) is 0 Å². The van der Waals surface area contributed by atoms with Crippen molar-refractivity contribution in [3.05, 3.63) is 22.8 Å². The van der Waals surface area contributed by atoms with Gasteiger partial charge in [0.15, 0.2) is 5.69 Å². The van der Waals surface area contributed by atoms with Crippen molar-refractivity contribution in [1.82, 2.24) is 15.3 Å². The zero-order valence-electron chi connectivity index (χ0n) is 11.6. The topological polar surface area (TPSA) is 64.1 Å². The highest BCUT2D eigenvalue weighted by molar-refractivity contribution is 5.89. The lowest BCUT2D eigenvalue weighted by Gasteiger charge is -2.19. The number of alkyl halides is 3. The molecule has 5 nitrogen and oxygen atoms in total. The standard InChI is InChI=1S/C13H16F3N3O2/c1-2-21-12(20)11-8-7-17-6-4-9(8)18-10(19-11)3-5-13(14,15)16/h17H,2-7H2,1H3. The number of fused-ring (bicyclic) bond motifs is 1. The second-order valence-electron chi connectivity index (χ2n) is 4.68. The van der Waals surface area contributed by atoms with Crippen LogP contribution in [0.3, 0.4) is 0 Å². The Labute approximate surface area is 119 Å². The minimum absolute atomic E-state index is 0.0380. The number of nitrogens with zero attached hydrogens (tertiary/aromatic N) is 2. The molecule has 0 aromatic carbocycles. The Kier molecular flexibility index (Phi) is 4.76. The fraction of sp³-hybridized carbons (Fsp3) is 0.615. The fourth-order valence-corrected chi connectivity index (χ4v) is 2.13. The quantitative estimate of drug-likeness (QED) is 0.859. The monoisotopic (exact) mass is 303 g/mol. The van der Waals surface area contributed by atoms with Crippen molar-refractivity contribution < 1.29 is 22.7 Å². The summed E-state index contributed by atoms with van der Waals surface area (Å²) >= 11 is 0. The van der Waals surface area contributed by atoms with Crippen molar-refractivity contribution in [2.75, 3.05) is 13.2 Å². The number of carbonyl (C=O) groups excluding carboxylic acids is 1. The molecule has 1 aliphatic rings. The summed E-state index contributed by atoms with van der Waals surface area (Å²) in [7, 11) is 0. The minimum Gasteiger partial charge on any atom is -0.461 e. The Hall–Kier alpha value is -1.70. The summed E-state index contributed by atoms with van der Waals surface area (Å²) < 4.78 is 41.8. The molecule has 1 aromatic heterocycles. The van der Waals surface area contributed by atoms with Crippen LogP contribution in [-0.4, -0.2) is 35.3 Å². The van der Waals surface area contributed by atoms with Crippen molar-refractivity contribution in [3.8, 4) is 0 Å². The van der Waals surface area contributed by atoms with Crippen LogP contribution in [0.2, 0.25) is 0 Å². The maximum absolute atomic E-state index is 12.3. The molecule has 1 aromatic rings. The molecule has 0 atom stereocenters. The molecule has 0 aliphatic carbocycles. The fourth-order valence-electron chi connectivity index (χ4n) is 2.13. The normalized spacial score (nSPS) is 14.7. The van der Waals surface area contributed by atoms with Gasteiger partial charge in [-0.15, -0.1) is 0 Å². The number of carbonyl (C=O) groups is 1. The van der Waals surface area contributed by atoms with E-state index in [1.807, 2.05) is 0 Å². The van der Waals surface area contributed by atoms with E-state index in [9.17, 15) is 18.0 Å². The maximum atomic E-state index is 12.3. The number of nitrogens with one attached hydrogen (secondary N) is 1. The van der Waals surface area contributed by atoms with E-state index in [2.05, 4.69) is 15.3 Å². The van der Waals surface area contributed by atoms with Crippen molar-refractivity contribution in [1.29, 1.82) is 0 Å². The van der Waals surface area contributed by atoms with Crippen LogP contribution < -0.4 is 5.32 Å². The van der Waals surface area contributed by atoms with Gasteiger partial charge in [0.1, 0.15) is 5.82 Å². The van der Waals surface area contributed by atoms with E-state index < -0.39 is 18.6 Å². The molecule has 2 rings (SSSR count). The zero-order valence-corrected chi connectivity index (χ0v) is 11.6. The molecule has 0 saturated carbocycles. The average molecular weight is 303 g/mol. The van der Waals surface area contributed by atoms with Crippen molar-refractivity contribution in [2.24, 2.45) is 0 Å². The van der Waals surface area contributed by atoms with Crippen LogP contribution in [0.5, 0.6) is 0 Å². The molecular weight excluding hydrogens is 287 g/mol. The first-order chi connectivity index (χ1) is 9.90. The molecule has 1 N–H and O–H groups in total. The summed E-state index contributed by atoms with van der Waals surface area (Å²) in [6.07, 6.45) is -5.06. The van der Waals surface area contributed by atoms with Gasteiger partial charge < -0.3 is 10.1 Å². The van der Waals surface area contributed by atoms with Crippen molar-refractivity contribution in [3.63, 3.8) is 0 Å². The van der Waals surface area contributed by atoms with Gasteiger partial charge >= 0.3 is 12.1 Å². The largest absolute Gasteiger partial charge is 0.461 e. The lowest BCUT2D eigenvalue weighted by atomic mass is 10.0. The van der Waals surface area contributed by atoms with Gasteiger partial charge in [0.05, 0.1) is 18.7 Å². The molecule has 0 amide bonds. The summed E-state index contributed by atoms with van der Waals surface area (Å²) in [4.78, 5) is 20.1. The Balaban J connectivity index is 2.30. The van der Waals surface area contributed by atoms with Crippen molar-refractivity contribution in [2.45, 2.75) is 38.9 Å². The average Bonchev–Trinajstić information content (AvgIpc) is 2.43. The van der Waals surface area contributed by atoms with E-state index in [-0.39, 0.29) is 24.5 Å². The van der Waals surface area contributed by atoms with Gasteiger partial charge in [-0.2, -0.15) is 13.2 Å². The number of ether oxygens (including phenoxy) is 1. The highest BCUT2D eigenvalue weighted by atomic mass is 19.4. The molecule has 8 heteroatoms. The highest BCUT2D eigenvalue weighted by Crippen LogP contribution is 2.23. The van der Waals surface area contributed by atoms with Crippen LogP contribution >= 0.6 is 0 Å². The minimum atomic E-state index is -4.27. The third-order valence-electron chi connectivity index (χ3n) is 3.08. The number of hydrogen-bond donors (Lipinski definition) is 1. The Morgan fingerprint density at radius 1 is 1.38 bits per heavy atom. The molecule has 0 saturated heterocycles. The number of esters is 1. The third-order valence-corrected chi connectivity index (χ3v) is 3.08. The van der Waals surface area contributed by atoms with Crippen LogP contribution in [0, 0.1) is 0 Å². The Morgan fingerprint density at radius 3 is 2.81 bits per heavy atom. The molecule has 0 radical (unpaired) electrons. The number of halogens is 3. The summed E-state index contributed by atoms with van der Waals surface area (Å²) in [6, 6.07) is 0. The summed E-state index contributed by atoms with van der Waals surface area (Å²) in [5.74, 6) is -0.580. The van der Waals surface area contributed by atoms with Gasteiger partial charge in [0.2, 0.25) is 0 Å². The van der Waals surface area contributed by atoms with Gasteiger partial charge in [0.25, 0.3) is 0 Å². The first-order valence-electron chi connectivity index (χ1n) is 6.74. The maximum Gasteiger partial charge on any atom is 0.389 e. The summed E-state index contributed by atoms with van der Waals surface area (Å²) in [5.41, 5.74) is 1.32.